The maximum atomic E-state index is 3.46. The summed E-state index contributed by atoms with van der Waals surface area (Å²) in [6, 6.07) is 0. The van der Waals surface area contributed by atoms with E-state index in [9.17, 15) is 0 Å². The highest BCUT2D eigenvalue weighted by Gasteiger charge is 2.18. The summed E-state index contributed by atoms with van der Waals surface area (Å²) in [5.41, 5.74) is 0. The molecule has 0 aromatic carbocycles. The Hall–Kier alpha value is -0.120. The molecule has 1 unspecified atom stereocenters. The first kappa shape index (κ1) is 14.3. The molecule has 2 saturated heterocycles. The molecule has 1 N–H and O–H groups in total. The standard InChI is InChI=1S/C15H31N3/c1-17-9-4-14(5-10-17)6-11-18(2)12-7-15-3-8-16-13-15/h14-16H,3-13H2,1-2H3. The first-order valence-electron chi connectivity index (χ1n) is 7.82. The van der Waals surface area contributed by atoms with Crippen LogP contribution in [0, 0.1) is 11.8 Å². The molecule has 0 aliphatic carbocycles. The van der Waals surface area contributed by atoms with Gasteiger partial charge in [0.05, 0.1) is 0 Å². The molecule has 0 radical (unpaired) electrons. The predicted octanol–water partition coefficient (Wildman–Crippen LogP) is 1.65. The summed E-state index contributed by atoms with van der Waals surface area (Å²) < 4.78 is 0. The Balaban J connectivity index is 1.52. The molecule has 3 nitrogen and oxygen atoms in total. The van der Waals surface area contributed by atoms with Gasteiger partial charge in [0.1, 0.15) is 0 Å². The molecule has 0 spiro atoms. The van der Waals surface area contributed by atoms with Crippen molar-refractivity contribution in [1.29, 1.82) is 0 Å². The second-order valence-electron chi connectivity index (χ2n) is 6.49. The zero-order valence-electron chi connectivity index (χ0n) is 12.3. The van der Waals surface area contributed by atoms with E-state index < -0.39 is 0 Å². The topological polar surface area (TPSA) is 18.5 Å². The molecule has 2 heterocycles. The molecular weight excluding hydrogens is 222 g/mol. The zero-order chi connectivity index (χ0) is 12.8. The maximum Gasteiger partial charge on any atom is -0.00187 e. The Bertz CT molecular complexity index is 218. The molecule has 18 heavy (non-hydrogen) atoms. The van der Waals surface area contributed by atoms with E-state index in [-0.39, 0.29) is 0 Å². The third kappa shape index (κ3) is 4.87. The highest BCUT2D eigenvalue weighted by molar-refractivity contribution is 4.73. The molecule has 0 aromatic rings. The van der Waals surface area contributed by atoms with E-state index in [1.165, 1.54) is 71.4 Å². The Kier molecular flexibility index (Phi) is 5.93. The zero-order valence-corrected chi connectivity index (χ0v) is 12.3. The smallest absolute Gasteiger partial charge is 0.00187 e. The minimum Gasteiger partial charge on any atom is -0.316 e. The molecule has 3 heteroatoms. The predicted molar refractivity (Wildman–Crippen MR) is 77.9 cm³/mol. The summed E-state index contributed by atoms with van der Waals surface area (Å²) in [5.74, 6) is 1.92. The van der Waals surface area contributed by atoms with Crippen LogP contribution in [-0.2, 0) is 0 Å². The fourth-order valence-corrected chi connectivity index (χ4v) is 3.23. The summed E-state index contributed by atoms with van der Waals surface area (Å²) >= 11 is 0. The van der Waals surface area contributed by atoms with Crippen LogP contribution < -0.4 is 5.32 Å². The third-order valence-electron chi connectivity index (χ3n) is 4.84. The van der Waals surface area contributed by atoms with Gasteiger partial charge >= 0.3 is 0 Å². The van der Waals surface area contributed by atoms with E-state index in [1.54, 1.807) is 0 Å². The quantitative estimate of drug-likeness (QED) is 0.776. The molecule has 2 fully saturated rings. The lowest BCUT2D eigenvalue weighted by atomic mass is 9.93. The van der Waals surface area contributed by atoms with Crippen LogP contribution in [0.4, 0.5) is 0 Å². The van der Waals surface area contributed by atoms with Gasteiger partial charge in [-0.15, -0.1) is 0 Å². The van der Waals surface area contributed by atoms with Crippen molar-refractivity contribution in [2.24, 2.45) is 11.8 Å². The maximum absolute atomic E-state index is 3.46. The van der Waals surface area contributed by atoms with Gasteiger partial charge in [-0.1, -0.05) is 0 Å². The van der Waals surface area contributed by atoms with Crippen molar-refractivity contribution in [2.75, 3.05) is 53.4 Å². The highest BCUT2D eigenvalue weighted by Crippen LogP contribution is 2.20. The van der Waals surface area contributed by atoms with Gasteiger partial charge < -0.3 is 15.1 Å². The molecule has 0 bridgehead atoms. The molecule has 1 atom stereocenters. The van der Waals surface area contributed by atoms with E-state index in [0.717, 1.165) is 11.8 Å². The van der Waals surface area contributed by atoms with Crippen LogP contribution >= 0.6 is 0 Å². The van der Waals surface area contributed by atoms with E-state index in [1.807, 2.05) is 0 Å². The van der Waals surface area contributed by atoms with Crippen molar-refractivity contribution in [2.45, 2.75) is 32.1 Å². The normalized spacial score (nSPS) is 27.2. The Morgan fingerprint density at radius 2 is 1.72 bits per heavy atom. The summed E-state index contributed by atoms with van der Waals surface area (Å²) in [7, 11) is 4.55. The highest BCUT2D eigenvalue weighted by atomic mass is 15.1. The van der Waals surface area contributed by atoms with Crippen LogP contribution in [0.5, 0.6) is 0 Å². The van der Waals surface area contributed by atoms with Gasteiger partial charge in [-0.3, -0.25) is 0 Å². The lowest BCUT2D eigenvalue weighted by Gasteiger charge is -2.30. The largest absolute Gasteiger partial charge is 0.316 e. The van der Waals surface area contributed by atoms with Gasteiger partial charge in [0.25, 0.3) is 0 Å². The van der Waals surface area contributed by atoms with Crippen LogP contribution in [0.15, 0.2) is 0 Å². The molecule has 0 amide bonds. The lowest BCUT2D eigenvalue weighted by Crippen LogP contribution is -2.32. The third-order valence-corrected chi connectivity index (χ3v) is 4.84. The van der Waals surface area contributed by atoms with Crippen LogP contribution in [0.2, 0.25) is 0 Å². The monoisotopic (exact) mass is 253 g/mol. The average Bonchev–Trinajstić information content (AvgIpc) is 2.89. The summed E-state index contributed by atoms with van der Waals surface area (Å²) in [6.07, 6.45) is 7.01. The minimum atomic E-state index is 0.941. The molecule has 2 rings (SSSR count). The molecule has 0 saturated carbocycles. The molecule has 2 aliphatic rings. The molecule has 0 aromatic heterocycles. The van der Waals surface area contributed by atoms with E-state index in [2.05, 4.69) is 29.2 Å². The summed E-state index contributed by atoms with van der Waals surface area (Å²) in [6.45, 7) is 7.70. The van der Waals surface area contributed by atoms with Crippen LogP contribution in [0.1, 0.15) is 32.1 Å². The van der Waals surface area contributed by atoms with E-state index in [4.69, 9.17) is 0 Å². The number of hydrogen-bond donors (Lipinski definition) is 1. The minimum absolute atomic E-state index is 0.941. The number of nitrogens with one attached hydrogen (secondary N) is 1. The molecule has 2 aliphatic heterocycles. The second kappa shape index (κ2) is 7.46. The Labute approximate surface area is 113 Å². The van der Waals surface area contributed by atoms with Gasteiger partial charge in [0.2, 0.25) is 0 Å². The first-order chi connectivity index (χ1) is 8.74. The van der Waals surface area contributed by atoms with E-state index in [0.29, 0.717) is 0 Å². The van der Waals surface area contributed by atoms with Crippen molar-refractivity contribution in [3.8, 4) is 0 Å². The SMILES string of the molecule is CN1CCC(CCN(C)CCC2CCNC2)CC1. The number of nitrogens with zero attached hydrogens (tertiary/aromatic N) is 2. The lowest BCUT2D eigenvalue weighted by molar-refractivity contribution is 0.193. The number of likely N-dealkylation sites (tertiary alicyclic amines) is 1. The van der Waals surface area contributed by atoms with Crippen LogP contribution in [0.25, 0.3) is 0 Å². The fraction of sp³-hybridized carbons (Fsp3) is 1.00. The van der Waals surface area contributed by atoms with Crippen molar-refractivity contribution in [3.05, 3.63) is 0 Å². The number of piperidine rings is 1. The summed E-state index contributed by atoms with van der Waals surface area (Å²) in [4.78, 5) is 5.02. The first-order valence-corrected chi connectivity index (χ1v) is 7.82. The van der Waals surface area contributed by atoms with E-state index >= 15 is 0 Å². The van der Waals surface area contributed by atoms with Gasteiger partial charge in [-0.2, -0.15) is 0 Å². The Morgan fingerprint density at radius 1 is 1.06 bits per heavy atom. The number of rotatable bonds is 6. The Morgan fingerprint density at radius 3 is 2.33 bits per heavy atom. The molecule has 106 valence electrons. The number of hydrogen-bond acceptors (Lipinski definition) is 3. The van der Waals surface area contributed by atoms with Crippen LogP contribution in [-0.4, -0.2) is 63.2 Å². The van der Waals surface area contributed by atoms with Gasteiger partial charge in [-0.25, -0.2) is 0 Å². The van der Waals surface area contributed by atoms with Crippen LogP contribution in [0.3, 0.4) is 0 Å². The molecular formula is C15H31N3. The average molecular weight is 253 g/mol. The van der Waals surface area contributed by atoms with Gasteiger partial charge in [0, 0.05) is 0 Å². The van der Waals surface area contributed by atoms with Crippen molar-refractivity contribution >= 4 is 0 Å². The summed E-state index contributed by atoms with van der Waals surface area (Å²) in [5, 5.41) is 3.46. The van der Waals surface area contributed by atoms with Gasteiger partial charge in [0.15, 0.2) is 0 Å². The van der Waals surface area contributed by atoms with Crippen molar-refractivity contribution in [1.82, 2.24) is 15.1 Å². The van der Waals surface area contributed by atoms with Crippen molar-refractivity contribution in [3.63, 3.8) is 0 Å². The van der Waals surface area contributed by atoms with Gasteiger partial charge in [-0.05, 0) is 97.3 Å². The second-order valence-corrected chi connectivity index (χ2v) is 6.49. The fourth-order valence-electron chi connectivity index (χ4n) is 3.23. The van der Waals surface area contributed by atoms with Crippen molar-refractivity contribution < 1.29 is 0 Å².